The van der Waals surface area contributed by atoms with Crippen LogP contribution in [0.25, 0.3) is 0 Å². The van der Waals surface area contributed by atoms with E-state index in [1.54, 1.807) is 11.8 Å². The van der Waals surface area contributed by atoms with Crippen LogP contribution in [0.15, 0.2) is 35.2 Å². The van der Waals surface area contributed by atoms with E-state index < -0.39 is 0 Å². The van der Waals surface area contributed by atoms with Crippen molar-refractivity contribution in [2.24, 2.45) is 5.92 Å². The highest BCUT2D eigenvalue weighted by molar-refractivity contribution is 8.00. The largest absolute Gasteiger partial charge is 0.342 e. The molecule has 0 bridgehead atoms. The first kappa shape index (κ1) is 15.4. The number of benzene rings is 1. The van der Waals surface area contributed by atoms with Crippen molar-refractivity contribution in [2.75, 3.05) is 32.4 Å². The summed E-state index contributed by atoms with van der Waals surface area (Å²) in [6.45, 7) is 2.95. The summed E-state index contributed by atoms with van der Waals surface area (Å²) >= 11 is 1.64. The van der Waals surface area contributed by atoms with Crippen LogP contribution < -0.4 is 5.32 Å². The number of rotatable bonds is 6. The summed E-state index contributed by atoms with van der Waals surface area (Å²) < 4.78 is 0. The number of carbonyl (C=O) groups is 1. The summed E-state index contributed by atoms with van der Waals surface area (Å²) in [5.41, 5.74) is 0. The van der Waals surface area contributed by atoms with Gasteiger partial charge in [-0.2, -0.15) is 0 Å². The third-order valence-corrected chi connectivity index (χ3v) is 4.87. The maximum Gasteiger partial charge on any atom is 0.232 e. The number of nitrogens with one attached hydrogen (secondary N) is 1. The molecule has 3 nitrogen and oxygen atoms in total. The van der Waals surface area contributed by atoms with E-state index in [4.69, 9.17) is 0 Å². The van der Waals surface area contributed by atoms with Gasteiger partial charge in [0.2, 0.25) is 5.91 Å². The molecule has 110 valence electrons. The highest BCUT2D eigenvalue weighted by Crippen LogP contribution is 2.22. The van der Waals surface area contributed by atoms with Crippen molar-refractivity contribution in [2.45, 2.75) is 24.2 Å². The molecule has 0 radical (unpaired) electrons. The summed E-state index contributed by atoms with van der Waals surface area (Å²) in [6.07, 6.45) is 3.55. The molecule has 0 aliphatic carbocycles. The van der Waals surface area contributed by atoms with E-state index in [0.717, 1.165) is 38.4 Å². The normalized spacial score (nSPS) is 16.4. The first-order chi connectivity index (χ1) is 9.79. The summed E-state index contributed by atoms with van der Waals surface area (Å²) in [6, 6.07) is 10.1. The lowest BCUT2D eigenvalue weighted by Crippen LogP contribution is -2.39. The first-order valence-corrected chi connectivity index (χ1v) is 8.38. The molecule has 1 aliphatic heterocycles. The number of thioether (sulfide) groups is 1. The van der Waals surface area contributed by atoms with Crippen LogP contribution in [0.4, 0.5) is 0 Å². The van der Waals surface area contributed by atoms with E-state index in [0.29, 0.717) is 5.75 Å². The van der Waals surface area contributed by atoms with Crippen molar-refractivity contribution in [3.05, 3.63) is 30.3 Å². The van der Waals surface area contributed by atoms with Gasteiger partial charge in [-0.25, -0.2) is 0 Å². The van der Waals surface area contributed by atoms with Gasteiger partial charge < -0.3 is 10.2 Å². The second-order valence-electron chi connectivity index (χ2n) is 5.32. The molecule has 0 spiro atoms. The Labute approximate surface area is 126 Å². The predicted molar refractivity (Wildman–Crippen MR) is 85.0 cm³/mol. The summed E-state index contributed by atoms with van der Waals surface area (Å²) in [5.74, 6) is 1.63. The van der Waals surface area contributed by atoms with Gasteiger partial charge in [0.1, 0.15) is 0 Å². The average Bonchev–Trinajstić information content (AvgIpc) is 2.52. The summed E-state index contributed by atoms with van der Waals surface area (Å²) in [5, 5.41) is 3.20. The highest BCUT2D eigenvalue weighted by Gasteiger charge is 2.22. The van der Waals surface area contributed by atoms with Gasteiger partial charge in [0, 0.05) is 18.0 Å². The van der Waals surface area contributed by atoms with Crippen LogP contribution >= 0.6 is 11.8 Å². The number of amides is 1. The number of carbonyl (C=O) groups excluding carboxylic acids is 1. The number of piperidine rings is 1. The second-order valence-corrected chi connectivity index (χ2v) is 6.37. The Hall–Kier alpha value is -1.00. The van der Waals surface area contributed by atoms with Crippen LogP contribution in [-0.4, -0.2) is 43.2 Å². The minimum atomic E-state index is 0.283. The lowest BCUT2D eigenvalue weighted by molar-refractivity contribution is -0.129. The molecular formula is C16H24N2OS. The quantitative estimate of drug-likeness (QED) is 0.818. The molecule has 1 aromatic rings. The Bertz CT molecular complexity index is 402. The van der Waals surface area contributed by atoms with E-state index in [1.807, 2.05) is 30.1 Å². The van der Waals surface area contributed by atoms with E-state index in [-0.39, 0.29) is 5.91 Å². The predicted octanol–water partition coefficient (Wildman–Crippen LogP) is 2.63. The minimum Gasteiger partial charge on any atom is -0.342 e. The van der Waals surface area contributed by atoms with E-state index >= 15 is 0 Å². The van der Waals surface area contributed by atoms with E-state index in [1.165, 1.54) is 11.3 Å². The standard InChI is InChI=1S/C16H24N2OS/c1-17-10-7-14-8-11-18(12-9-14)16(19)13-20-15-5-3-2-4-6-15/h2-6,14,17H,7-13H2,1H3. The molecule has 1 saturated heterocycles. The van der Waals surface area contributed by atoms with Crippen LogP contribution in [-0.2, 0) is 4.79 Å². The van der Waals surface area contributed by atoms with Gasteiger partial charge in [0.15, 0.2) is 0 Å². The Morgan fingerprint density at radius 1 is 1.30 bits per heavy atom. The van der Waals surface area contributed by atoms with E-state index in [2.05, 4.69) is 17.4 Å². The maximum atomic E-state index is 12.2. The maximum absolute atomic E-state index is 12.2. The summed E-state index contributed by atoms with van der Waals surface area (Å²) in [7, 11) is 2.00. The number of nitrogens with zero attached hydrogens (tertiary/aromatic N) is 1. The SMILES string of the molecule is CNCCC1CCN(C(=O)CSc2ccccc2)CC1. The van der Waals surface area contributed by atoms with E-state index in [9.17, 15) is 4.79 Å². The fourth-order valence-corrected chi connectivity index (χ4v) is 3.39. The monoisotopic (exact) mass is 292 g/mol. The third kappa shape index (κ3) is 4.84. The van der Waals surface area contributed by atoms with Crippen molar-refractivity contribution in [3.63, 3.8) is 0 Å². The van der Waals surface area contributed by atoms with Crippen molar-refractivity contribution in [1.29, 1.82) is 0 Å². The molecule has 2 rings (SSSR count). The summed E-state index contributed by atoms with van der Waals surface area (Å²) in [4.78, 5) is 15.4. The van der Waals surface area contributed by atoms with Gasteiger partial charge in [-0.3, -0.25) is 4.79 Å². The zero-order valence-electron chi connectivity index (χ0n) is 12.2. The van der Waals surface area contributed by atoms with Crippen molar-refractivity contribution in [1.82, 2.24) is 10.2 Å². The zero-order chi connectivity index (χ0) is 14.2. The molecule has 1 N–H and O–H groups in total. The molecule has 1 fully saturated rings. The first-order valence-electron chi connectivity index (χ1n) is 7.40. The van der Waals surface area contributed by atoms with Gasteiger partial charge >= 0.3 is 0 Å². The molecule has 4 heteroatoms. The van der Waals surface area contributed by atoms with Crippen molar-refractivity contribution >= 4 is 17.7 Å². The van der Waals surface area contributed by atoms with Gasteiger partial charge in [-0.1, -0.05) is 18.2 Å². The van der Waals surface area contributed by atoms with Crippen LogP contribution in [0.2, 0.25) is 0 Å². The third-order valence-electron chi connectivity index (χ3n) is 3.88. The number of hydrogen-bond acceptors (Lipinski definition) is 3. The fourth-order valence-electron chi connectivity index (χ4n) is 2.57. The van der Waals surface area contributed by atoms with Crippen LogP contribution in [0.5, 0.6) is 0 Å². The lowest BCUT2D eigenvalue weighted by Gasteiger charge is -2.32. The fraction of sp³-hybridized carbons (Fsp3) is 0.562. The van der Waals surface area contributed by atoms with Gasteiger partial charge in [0.25, 0.3) is 0 Å². The van der Waals surface area contributed by atoms with Crippen LogP contribution in [0.3, 0.4) is 0 Å². The molecular weight excluding hydrogens is 268 g/mol. The molecule has 20 heavy (non-hydrogen) atoms. The van der Waals surface area contributed by atoms with Gasteiger partial charge in [-0.15, -0.1) is 11.8 Å². The lowest BCUT2D eigenvalue weighted by atomic mass is 9.93. The Morgan fingerprint density at radius 2 is 2.00 bits per heavy atom. The second kappa shape index (κ2) is 8.32. The number of hydrogen-bond donors (Lipinski definition) is 1. The topological polar surface area (TPSA) is 32.3 Å². The minimum absolute atomic E-state index is 0.283. The molecule has 0 saturated carbocycles. The van der Waals surface area contributed by atoms with Gasteiger partial charge in [0.05, 0.1) is 5.75 Å². The zero-order valence-corrected chi connectivity index (χ0v) is 13.0. The van der Waals surface area contributed by atoms with Gasteiger partial charge in [-0.05, 0) is 50.9 Å². The Balaban J connectivity index is 1.69. The smallest absolute Gasteiger partial charge is 0.232 e. The highest BCUT2D eigenvalue weighted by atomic mass is 32.2. The van der Waals surface area contributed by atoms with Crippen LogP contribution in [0, 0.1) is 5.92 Å². The average molecular weight is 292 g/mol. The van der Waals surface area contributed by atoms with Crippen molar-refractivity contribution < 1.29 is 4.79 Å². The Kier molecular flexibility index (Phi) is 6.40. The van der Waals surface area contributed by atoms with Crippen molar-refractivity contribution in [3.8, 4) is 0 Å². The van der Waals surface area contributed by atoms with Crippen LogP contribution in [0.1, 0.15) is 19.3 Å². The Morgan fingerprint density at radius 3 is 2.65 bits per heavy atom. The molecule has 1 heterocycles. The molecule has 0 aromatic heterocycles. The molecule has 0 unspecified atom stereocenters. The molecule has 1 aliphatic rings. The molecule has 0 atom stereocenters. The molecule has 1 amide bonds. The molecule has 1 aromatic carbocycles. The number of likely N-dealkylation sites (tertiary alicyclic amines) is 1.